The van der Waals surface area contributed by atoms with Gasteiger partial charge in [-0.2, -0.15) is 0 Å². The molecule has 0 unspecified atom stereocenters. The van der Waals surface area contributed by atoms with Gasteiger partial charge in [-0.25, -0.2) is 0 Å². The van der Waals surface area contributed by atoms with Crippen molar-refractivity contribution in [1.82, 2.24) is 5.32 Å². The Bertz CT molecular complexity index is 401. The molecule has 0 aliphatic rings. The third-order valence-electron chi connectivity index (χ3n) is 1.85. The van der Waals surface area contributed by atoms with Crippen molar-refractivity contribution in [3.05, 3.63) is 29.8 Å². The molecule has 0 atom stereocenters. The van der Waals surface area contributed by atoms with Crippen LogP contribution in [0.4, 0.5) is 0 Å². The molecule has 1 aromatic carbocycles. The number of carbonyl (C=O) groups is 1. The molecule has 0 saturated heterocycles. The van der Waals surface area contributed by atoms with Crippen molar-refractivity contribution in [2.75, 3.05) is 13.1 Å². The van der Waals surface area contributed by atoms with Gasteiger partial charge in [-0.15, -0.1) is 0 Å². The predicted molar refractivity (Wildman–Crippen MR) is 59.3 cm³/mol. The van der Waals surface area contributed by atoms with Gasteiger partial charge in [0.05, 0.1) is 6.54 Å². The molecule has 1 aromatic rings. The van der Waals surface area contributed by atoms with E-state index in [0.29, 0.717) is 6.54 Å². The first-order valence-electron chi connectivity index (χ1n) is 4.70. The SMILES string of the molecule is O=C(O)CNC/C=C/c1ccc(O)c(O)c1. The zero-order chi connectivity index (χ0) is 12.0. The Kier molecular flexibility index (Phi) is 4.35. The molecule has 5 nitrogen and oxygen atoms in total. The van der Waals surface area contributed by atoms with Crippen molar-refractivity contribution in [3.8, 4) is 11.5 Å². The van der Waals surface area contributed by atoms with Crippen molar-refractivity contribution in [2.45, 2.75) is 0 Å². The van der Waals surface area contributed by atoms with Gasteiger partial charge in [0.25, 0.3) is 0 Å². The van der Waals surface area contributed by atoms with E-state index in [1.54, 1.807) is 18.2 Å². The zero-order valence-corrected chi connectivity index (χ0v) is 8.55. The molecule has 0 aliphatic heterocycles. The summed E-state index contributed by atoms with van der Waals surface area (Å²) in [4.78, 5) is 10.2. The first-order chi connectivity index (χ1) is 7.59. The number of hydrogen-bond acceptors (Lipinski definition) is 4. The van der Waals surface area contributed by atoms with Crippen LogP contribution >= 0.6 is 0 Å². The van der Waals surface area contributed by atoms with Gasteiger partial charge in [0.1, 0.15) is 0 Å². The van der Waals surface area contributed by atoms with Crippen LogP contribution in [-0.4, -0.2) is 34.4 Å². The van der Waals surface area contributed by atoms with Gasteiger partial charge in [0.15, 0.2) is 11.5 Å². The van der Waals surface area contributed by atoms with Crippen LogP contribution in [0.25, 0.3) is 6.08 Å². The average Bonchev–Trinajstić information content (AvgIpc) is 2.22. The largest absolute Gasteiger partial charge is 0.504 e. The maximum atomic E-state index is 10.2. The fraction of sp³-hybridized carbons (Fsp3) is 0.182. The summed E-state index contributed by atoms with van der Waals surface area (Å²) in [5.41, 5.74) is 0.729. The van der Waals surface area contributed by atoms with E-state index in [4.69, 9.17) is 10.2 Å². The lowest BCUT2D eigenvalue weighted by molar-refractivity contribution is -0.135. The molecule has 0 heterocycles. The lowest BCUT2D eigenvalue weighted by Gasteiger charge is -1.99. The van der Waals surface area contributed by atoms with Crippen LogP contribution in [0.3, 0.4) is 0 Å². The summed E-state index contributed by atoms with van der Waals surface area (Å²) in [6.45, 7) is 0.332. The van der Waals surface area contributed by atoms with Gasteiger partial charge < -0.3 is 20.6 Å². The van der Waals surface area contributed by atoms with Crippen molar-refractivity contribution < 1.29 is 20.1 Å². The fourth-order valence-corrected chi connectivity index (χ4v) is 1.10. The van der Waals surface area contributed by atoms with E-state index in [2.05, 4.69) is 5.32 Å². The van der Waals surface area contributed by atoms with Crippen LogP contribution < -0.4 is 5.32 Å². The topological polar surface area (TPSA) is 89.8 Å². The molecule has 0 fully saturated rings. The second-order valence-corrected chi connectivity index (χ2v) is 3.18. The van der Waals surface area contributed by atoms with Crippen molar-refractivity contribution in [2.24, 2.45) is 0 Å². The number of phenols is 2. The number of carboxylic acids is 1. The van der Waals surface area contributed by atoms with Gasteiger partial charge in [-0.1, -0.05) is 18.2 Å². The van der Waals surface area contributed by atoms with E-state index in [1.165, 1.54) is 12.1 Å². The van der Waals surface area contributed by atoms with Crippen molar-refractivity contribution in [1.29, 1.82) is 0 Å². The predicted octanol–water partition coefficient (Wildman–Crippen LogP) is 0.785. The maximum absolute atomic E-state index is 10.2. The first-order valence-corrected chi connectivity index (χ1v) is 4.70. The Balaban J connectivity index is 2.44. The van der Waals surface area contributed by atoms with Gasteiger partial charge in [0.2, 0.25) is 0 Å². The quantitative estimate of drug-likeness (QED) is 0.437. The summed E-state index contributed by atoms with van der Waals surface area (Å²) in [7, 11) is 0. The van der Waals surface area contributed by atoms with E-state index < -0.39 is 5.97 Å². The molecular weight excluding hydrogens is 210 g/mol. The van der Waals surface area contributed by atoms with Crippen molar-refractivity contribution >= 4 is 12.0 Å². The van der Waals surface area contributed by atoms with E-state index in [1.807, 2.05) is 0 Å². The van der Waals surface area contributed by atoms with Crippen LogP contribution in [0.15, 0.2) is 24.3 Å². The van der Waals surface area contributed by atoms with E-state index in [0.717, 1.165) is 5.56 Å². The van der Waals surface area contributed by atoms with Crippen LogP contribution in [0.5, 0.6) is 11.5 Å². The Morgan fingerprint density at radius 1 is 1.31 bits per heavy atom. The maximum Gasteiger partial charge on any atom is 0.317 e. The molecular formula is C11H13NO4. The molecule has 0 radical (unpaired) electrons. The Morgan fingerprint density at radius 2 is 2.06 bits per heavy atom. The molecule has 86 valence electrons. The van der Waals surface area contributed by atoms with Gasteiger partial charge in [0, 0.05) is 6.54 Å². The highest BCUT2D eigenvalue weighted by Crippen LogP contribution is 2.25. The molecule has 0 saturated carbocycles. The number of hydrogen-bond donors (Lipinski definition) is 4. The molecule has 0 aromatic heterocycles. The molecule has 0 spiro atoms. The monoisotopic (exact) mass is 223 g/mol. The summed E-state index contributed by atoms with van der Waals surface area (Å²) in [6, 6.07) is 4.45. The normalized spacial score (nSPS) is 10.8. The van der Waals surface area contributed by atoms with E-state index in [9.17, 15) is 9.90 Å². The number of carboxylic acid groups (broad SMARTS) is 1. The molecule has 1 rings (SSSR count). The fourth-order valence-electron chi connectivity index (χ4n) is 1.10. The highest BCUT2D eigenvalue weighted by atomic mass is 16.4. The summed E-state index contributed by atoms with van der Waals surface area (Å²) in [5.74, 6) is -1.25. The van der Waals surface area contributed by atoms with Gasteiger partial charge >= 0.3 is 5.97 Å². The smallest absolute Gasteiger partial charge is 0.317 e. The van der Waals surface area contributed by atoms with E-state index in [-0.39, 0.29) is 18.0 Å². The second-order valence-electron chi connectivity index (χ2n) is 3.18. The molecule has 0 aliphatic carbocycles. The number of rotatable bonds is 5. The minimum atomic E-state index is -0.907. The average molecular weight is 223 g/mol. The standard InChI is InChI=1S/C11H13NO4/c13-9-4-3-8(6-10(9)14)2-1-5-12-7-11(15)16/h1-4,6,12-14H,5,7H2,(H,15,16)/b2-1+. The summed E-state index contributed by atoms with van der Waals surface area (Å²) in [5, 5.41) is 29.3. The zero-order valence-electron chi connectivity index (χ0n) is 8.55. The minimum Gasteiger partial charge on any atom is -0.504 e. The number of nitrogens with one attached hydrogen (secondary N) is 1. The van der Waals surface area contributed by atoms with Crippen molar-refractivity contribution in [3.63, 3.8) is 0 Å². The van der Waals surface area contributed by atoms with Crippen LogP contribution in [-0.2, 0) is 4.79 Å². The first kappa shape index (κ1) is 12.1. The molecule has 16 heavy (non-hydrogen) atoms. The molecule has 5 heteroatoms. The highest BCUT2D eigenvalue weighted by Gasteiger charge is 1.97. The highest BCUT2D eigenvalue weighted by molar-refractivity contribution is 5.69. The number of phenolic OH excluding ortho intramolecular Hbond substituents is 2. The minimum absolute atomic E-state index is 0.0921. The lowest BCUT2D eigenvalue weighted by Crippen LogP contribution is -2.22. The van der Waals surface area contributed by atoms with Gasteiger partial charge in [-0.05, 0) is 17.7 Å². The number of aliphatic carboxylic acids is 1. The Hall–Kier alpha value is -2.01. The second kappa shape index (κ2) is 5.77. The third-order valence-corrected chi connectivity index (χ3v) is 1.85. The Labute approximate surface area is 92.7 Å². The van der Waals surface area contributed by atoms with Crippen LogP contribution in [0, 0.1) is 0 Å². The molecule has 4 N–H and O–H groups in total. The summed E-state index contributed by atoms with van der Waals surface area (Å²) in [6.07, 6.45) is 3.45. The number of benzene rings is 1. The lowest BCUT2D eigenvalue weighted by atomic mass is 10.2. The molecule has 0 amide bonds. The van der Waals surface area contributed by atoms with E-state index >= 15 is 0 Å². The van der Waals surface area contributed by atoms with Crippen LogP contribution in [0.2, 0.25) is 0 Å². The van der Waals surface area contributed by atoms with Gasteiger partial charge in [-0.3, -0.25) is 4.79 Å². The summed E-state index contributed by atoms with van der Waals surface area (Å²) < 4.78 is 0. The Morgan fingerprint density at radius 3 is 2.69 bits per heavy atom. The third kappa shape index (κ3) is 4.02. The number of aromatic hydroxyl groups is 2. The van der Waals surface area contributed by atoms with Crippen LogP contribution in [0.1, 0.15) is 5.56 Å². The molecule has 0 bridgehead atoms. The summed E-state index contributed by atoms with van der Waals surface area (Å²) >= 11 is 0.